The standard InChI is InChI=1S/C20H20Cl3N3O2/c21-14-7-8-16(23)17(10-14)25-20(28)18-6-3-9-26(18)12-19(27)24-11-13-4-1-2-5-15(13)22/h1-2,4-5,7-8,10,18H,3,6,9,11-12H2,(H,24,27)(H,25,28). The van der Waals surface area contributed by atoms with Gasteiger partial charge in [0.2, 0.25) is 11.8 Å². The Hall–Kier alpha value is -1.79. The lowest BCUT2D eigenvalue weighted by Gasteiger charge is -2.23. The van der Waals surface area contributed by atoms with Gasteiger partial charge >= 0.3 is 0 Å². The number of nitrogens with zero attached hydrogens (tertiary/aromatic N) is 1. The number of amides is 2. The summed E-state index contributed by atoms with van der Waals surface area (Å²) in [4.78, 5) is 26.9. The van der Waals surface area contributed by atoms with Crippen LogP contribution in [0.25, 0.3) is 0 Å². The highest BCUT2D eigenvalue weighted by molar-refractivity contribution is 6.35. The monoisotopic (exact) mass is 439 g/mol. The first-order chi connectivity index (χ1) is 13.4. The lowest BCUT2D eigenvalue weighted by atomic mass is 10.2. The summed E-state index contributed by atoms with van der Waals surface area (Å²) in [6.07, 6.45) is 1.53. The molecule has 8 heteroatoms. The normalized spacial score (nSPS) is 16.8. The molecule has 0 aliphatic carbocycles. The van der Waals surface area contributed by atoms with Crippen LogP contribution in [0, 0.1) is 0 Å². The molecule has 1 saturated heterocycles. The lowest BCUT2D eigenvalue weighted by Crippen LogP contribution is -2.44. The molecule has 0 aromatic heterocycles. The van der Waals surface area contributed by atoms with Crippen molar-refractivity contribution in [3.05, 3.63) is 63.1 Å². The molecule has 1 atom stereocenters. The van der Waals surface area contributed by atoms with Gasteiger partial charge in [-0.1, -0.05) is 53.0 Å². The summed E-state index contributed by atoms with van der Waals surface area (Å²) in [7, 11) is 0. The predicted octanol–water partition coefficient (Wildman–Crippen LogP) is 4.37. The Kier molecular flexibility index (Phi) is 7.18. The summed E-state index contributed by atoms with van der Waals surface area (Å²) in [6, 6.07) is 11.9. The van der Waals surface area contributed by atoms with Gasteiger partial charge in [0.05, 0.1) is 23.3 Å². The quantitative estimate of drug-likeness (QED) is 0.701. The number of benzene rings is 2. The highest BCUT2D eigenvalue weighted by Gasteiger charge is 2.32. The molecule has 2 aromatic carbocycles. The maximum atomic E-state index is 12.7. The summed E-state index contributed by atoms with van der Waals surface area (Å²) in [6.45, 7) is 1.17. The first kappa shape index (κ1) is 20.9. The van der Waals surface area contributed by atoms with E-state index in [0.717, 1.165) is 12.0 Å². The minimum Gasteiger partial charge on any atom is -0.351 e. The second-order valence-electron chi connectivity index (χ2n) is 6.61. The number of carbonyl (C=O) groups excluding carboxylic acids is 2. The lowest BCUT2D eigenvalue weighted by molar-refractivity contribution is -0.125. The van der Waals surface area contributed by atoms with Crippen LogP contribution in [0.2, 0.25) is 15.1 Å². The van der Waals surface area contributed by atoms with E-state index in [1.807, 2.05) is 23.1 Å². The van der Waals surface area contributed by atoms with Crippen LogP contribution < -0.4 is 10.6 Å². The molecule has 3 rings (SSSR count). The Morgan fingerprint density at radius 1 is 1.07 bits per heavy atom. The Bertz CT molecular complexity index is 876. The van der Waals surface area contributed by atoms with Crippen molar-refractivity contribution in [1.82, 2.24) is 10.2 Å². The van der Waals surface area contributed by atoms with E-state index < -0.39 is 0 Å². The van der Waals surface area contributed by atoms with Gasteiger partial charge in [-0.15, -0.1) is 0 Å². The van der Waals surface area contributed by atoms with Crippen molar-refractivity contribution in [2.24, 2.45) is 0 Å². The van der Waals surface area contributed by atoms with E-state index in [-0.39, 0.29) is 24.4 Å². The van der Waals surface area contributed by atoms with Crippen LogP contribution in [-0.2, 0) is 16.1 Å². The maximum Gasteiger partial charge on any atom is 0.241 e. The molecule has 2 N–H and O–H groups in total. The number of anilines is 1. The van der Waals surface area contributed by atoms with Crippen LogP contribution in [0.1, 0.15) is 18.4 Å². The summed E-state index contributed by atoms with van der Waals surface area (Å²) in [5, 5.41) is 7.19. The largest absolute Gasteiger partial charge is 0.351 e. The van der Waals surface area contributed by atoms with Crippen LogP contribution in [0.5, 0.6) is 0 Å². The molecule has 1 fully saturated rings. The Labute approximate surface area is 178 Å². The Morgan fingerprint density at radius 3 is 2.64 bits per heavy atom. The van der Waals surface area contributed by atoms with Crippen LogP contribution >= 0.6 is 34.8 Å². The van der Waals surface area contributed by atoms with Crippen LogP contribution in [-0.4, -0.2) is 35.8 Å². The zero-order chi connectivity index (χ0) is 20.1. The topological polar surface area (TPSA) is 61.4 Å². The van der Waals surface area contributed by atoms with E-state index in [1.165, 1.54) is 0 Å². The highest BCUT2D eigenvalue weighted by Crippen LogP contribution is 2.27. The number of likely N-dealkylation sites (tertiary alicyclic amines) is 1. The number of rotatable bonds is 6. The number of nitrogens with one attached hydrogen (secondary N) is 2. The SMILES string of the molecule is O=C(CN1CCCC1C(=O)Nc1cc(Cl)ccc1Cl)NCc1ccccc1Cl. The van der Waals surface area contributed by atoms with Crippen LogP contribution in [0.15, 0.2) is 42.5 Å². The van der Waals surface area contributed by atoms with E-state index >= 15 is 0 Å². The predicted molar refractivity (Wildman–Crippen MR) is 113 cm³/mol. The van der Waals surface area contributed by atoms with E-state index in [1.54, 1.807) is 24.3 Å². The van der Waals surface area contributed by atoms with E-state index in [9.17, 15) is 9.59 Å². The number of hydrogen-bond donors (Lipinski definition) is 2. The van der Waals surface area contributed by atoms with Gasteiger partial charge in [0, 0.05) is 16.6 Å². The summed E-state index contributed by atoms with van der Waals surface area (Å²) < 4.78 is 0. The molecule has 1 aliphatic heterocycles. The molecule has 148 valence electrons. The van der Waals surface area contributed by atoms with Crippen molar-refractivity contribution in [2.45, 2.75) is 25.4 Å². The fourth-order valence-corrected chi connectivity index (χ4v) is 3.74. The van der Waals surface area contributed by atoms with Gasteiger partial charge < -0.3 is 10.6 Å². The van der Waals surface area contributed by atoms with Gasteiger partial charge in [-0.3, -0.25) is 14.5 Å². The highest BCUT2D eigenvalue weighted by atomic mass is 35.5. The number of halogens is 3. The molecule has 2 amide bonds. The van der Waals surface area contributed by atoms with Crippen molar-refractivity contribution < 1.29 is 9.59 Å². The maximum absolute atomic E-state index is 12.7. The Balaban J connectivity index is 1.56. The molecule has 0 saturated carbocycles. The van der Waals surface area contributed by atoms with E-state index in [0.29, 0.717) is 40.3 Å². The van der Waals surface area contributed by atoms with Gasteiger partial charge in [0.25, 0.3) is 0 Å². The molecule has 5 nitrogen and oxygen atoms in total. The summed E-state index contributed by atoms with van der Waals surface area (Å²) >= 11 is 18.2. The minimum absolute atomic E-state index is 0.145. The van der Waals surface area contributed by atoms with Gasteiger partial charge in [0.1, 0.15) is 0 Å². The van der Waals surface area contributed by atoms with Gasteiger partial charge in [-0.2, -0.15) is 0 Å². The molecule has 0 bridgehead atoms. The fourth-order valence-electron chi connectivity index (χ4n) is 3.20. The van der Waals surface area contributed by atoms with Crippen LogP contribution in [0.4, 0.5) is 5.69 Å². The third kappa shape index (κ3) is 5.39. The molecule has 2 aromatic rings. The molecule has 0 spiro atoms. The summed E-state index contributed by atoms with van der Waals surface area (Å²) in [5.41, 5.74) is 1.32. The average Bonchev–Trinajstić information content (AvgIpc) is 3.12. The first-order valence-corrected chi connectivity index (χ1v) is 10.1. The van der Waals surface area contributed by atoms with Crippen molar-refractivity contribution in [1.29, 1.82) is 0 Å². The molecule has 0 radical (unpaired) electrons. The smallest absolute Gasteiger partial charge is 0.241 e. The molecule has 1 unspecified atom stereocenters. The van der Waals surface area contributed by atoms with Crippen LogP contribution in [0.3, 0.4) is 0 Å². The number of carbonyl (C=O) groups is 2. The van der Waals surface area contributed by atoms with Gasteiger partial charge in [-0.05, 0) is 49.2 Å². The average molecular weight is 441 g/mol. The minimum atomic E-state index is -0.388. The first-order valence-electron chi connectivity index (χ1n) is 8.94. The van der Waals surface area contributed by atoms with Crippen molar-refractivity contribution >= 4 is 52.3 Å². The van der Waals surface area contributed by atoms with E-state index in [2.05, 4.69) is 10.6 Å². The molecule has 28 heavy (non-hydrogen) atoms. The second kappa shape index (κ2) is 9.61. The third-order valence-corrected chi connectivity index (χ3v) is 5.57. The Morgan fingerprint density at radius 2 is 1.86 bits per heavy atom. The zero-order valence-electron chi connectivity index (χ0n) is 15.1. The van der Waals surface area contributed by atoms with Crippen molar-refractivity contribution in [3.63, 3.8) is 0 Å². The molecular weight excluding hydrogens is 421 g/mol. The molecule has 1 aliphatic rings. The number of hydrogen-bond acceptors (Lipinski definition) is 3. The zero-order valence-corrected chi connectivity index (χ0v) is 17.3. The van der Waals surface area contributed by atoms with Crippen molar-refractivity contribution in [3.8, 4) is 0 Å². The second-order valence-corrected chi connectivity index (χ2v) is 7.86. The third-order valence-electron chi connectivity index (χ3n) is 4.63. The van der Waals surface area contributed by atoms with Crippen molar-refractivity contribution in [2.75, 3.05) is 18.4 Å². The van der Waals surface area contributed by atoms with Gasteiger partial charge in [0.15, 0.2) is 0 Å². The van der Waals surface area contributed by atoms with E-state index in [4.69, 9.17) is 34.8 Å². The molecular formula is C20H20Cl3N3O2. The van der Waals surface area contributed by atoms with Gasteiger partial charge in [-0.25, -0.2) is 0 Å². The fraction of sp³-hybridized carbons (Fsp3) is 0.300. The summed E-state index contributed by atoms with van der Waals surface area (Å²) in [5.74, 6) is -0.346. The molecule has 1 heterocycles.